The van der Waals surface area contributed by atoms with Crippen molar-refractivity contribution in [2.45, 2.75) is 94.8 Å². The predicted octanol–water partition coefficient (Wildman–Crippen LogP) is 2.91. The molecular formula is C28H36F2N6O3. The van der Waals surface area contributed by atoms with E-state index in [-0.39, 0.29) is 24.7 Å². The van der Waals surface area contributed by atoms with Gasteiger partial charge in [0.15, 0.2) is 0 Å². The number of pyridine rings is 1. The summed E-state index contributed by atoms with van der Waals surface area (Å²) in [7, 11) is 0. The number of nitrogens with one attached hydrogen (secondary N) is 3. The van der Waals surface area contributed by atoms with Crippen LogP contribution in [-0.4, -0.2) is 64.2 Å². The zero-order valence-corrected chi connectivity index (χ0v) is 22.2. The molecule has 39 heavy (non-hydrogen) atoms. The zero-order valence-electron chi connectivity index (χ0n) is 22.2. The van der Waals surface area contributed by atoms with Crippen molar-refractivity contribution in [3.05, 3.63) is 24.0 Å². The van der Waals surface area contributed by atoms with Crippen molar-refractivity contribution < 1.29 is 23.2 Å². The monoisotopic (exact) mass is 542 g/mol. The number of hydrogen-bond donors (Lipinski definition) is 3. The maximum atomic E-state index is 15.1. The standard InChI is InChI=1S/C28H36F2N6O3/c1-16-9-20(15-32-14-16)34-23(10-17-4-5-17)27(39)36-21-6-7-22(28(29,30)12-21)24(36)26(38)35-19(13-31)11-18-3-2-8-33-25(18)37/h9,14-15,17-19,21-24,34H,2-8,10-12H2,1H3,(H,33,37)(H,35,38)/t18-,19-,21+,22+,23-,24-/m0/s1. The topological polar surface area (TPSA) is 127 Å². The van der Waals surface area contributed by atoms with E-state index in [0.717, 1.165) is 24.8 Å². The first-order valence-electron chi connectivity index (χ1n) is 14.0. The number of fused-ring (bicyclic) bond motifs is 3. The fourth-order valence-electron chi connectivity index (χ4n) is 6.49. The number of carbonyl (C=O) groups is 3. The van der Waals surface area contributed by atoms with E-state index in [0.29, 0.717) is 37.4 Å². The molecule has 3 N–H and O–H groups in total. The molecule has 6 atom stereocenters. The number of aryl methyl sites for hydroxylation is 1. The van der Waals surface area contributed by atoms with Gasteiger partial charge >= 0.3 is 0 Å². The normalized spacial score (nSPS) is 29.1. The number of piperidine rings is 3. The molecule has 0 aromatic carbocycles. The van der Waals surface area contributed by atoms with Gasteiger partial charge in [0.25, 0.3) is 5.92 Å². The van der Waals surface area contributed by atoms with Crippen LogP contribution in [0.4, 0.5) is 14.5 Å². The first-order valence-corrected chi connectivity index (χ1v) is 14.0. The molecule has 1 aromatic rings. The van der Waals surface area contributed by atoms with Crippen LogP contribution in [0.15, 0.2) is 18.5 Å². The van der Waals surface area contributed by atoms with Gasteiger partial charge in [-0.1, -0.05) is 12.8 Å². The van der Waals surface area contributed by atoms with Crippen LogP contribution in [0, 0.1) is 36.0 Å². The number of aromatic nitrogens is 1. The van der Waals surface area contributed by atoms with Crippen LogP contribution in [0.2, 0.25) is 0 Å². The van der Waals surface area contributed by atoms with Gasteiger partial charge in [0.1, 0.15) is 18.1 Å². The second-order valence-corrected chi connectivity index (χ2v) is 11.7. The molecule has 3 aliphatic heterocycles. The fraction of sp³-hybridized carbons (Fsp3) is 0.679. The van der Waals surface area contributed by atoms with Gasteiger partial charge in [-0.05, 0) is 63.0 Å². The number of amides is 3. The van der Waals surface area contributed by atoms with Crippen LogP contribution in [-0.2, 0) is 14.4 Å². The minimum atomic E-state index is -3.09. The van der Waals surface area contributed by atoms with Crippen molar-refractivity contribution in [3.63, 3.8) is 0 Å². The highest BCUT2D eigenvalue weighted by Gasteiger charge is 2.61. The van der Waals surface area contributed by atoms with Gasteiger partial charge in [-0.15, -0.1) is 0 Å². The molecule has 4 heterocycles. The third-order valence-corrected chi connectivity index (χ3v) is 8.63. The van der Waals surface area contributed by atoms with E-state index in [9.17, 15) is 19.6 Å². The van der Waals surface area contributed by atoms with Crippen molar-refractivity contribution >= 4 is 23.4 Å². The molecule has 0 radical (unpaired) electrons. The SMILES string of the molecule is Cc1cncc(N[C@@H](CC2CC2)C(=O)N2[C@@H]3CC[C@H]([C@H]2C(=O)N[C@H](C#N)C[C@@H]2CCCNC2=O)C(F)(F)C3)c1. The van der Waals surface area contributed by atoms with Gasteiger partial charge in [0.05, 0.1) is 17.7 Å². The summed E-state index contributed by atoms with van der Waals surface area (Å²) in [5.41, 5.74) is 1.58. The summed E-state index contributed by atoms with van der Waals surface area (Å²) in [6, 6.07) is 0.0543. The summed E-state index contributed by atoms with van der Waals surface area (Å²) in [4.78, 5) is 45.5. The summed E-state index contributed by atoms with van der Waals surface area (Å²) in [5.74, 6) is -5.77. The van der Waals surface area contributed by atoms with Gasteiger partial charge in [-0.2, -0.15) is 5.26 Å². The number of hydrogen-bond acceptors (Lipinski definition) is 6. The maximum Gasteiger partial charge on any atom is 0.255 e. The molecule has 3 saturated heterocycles. The molecule has 5 fully saturated rings. The number of halogens is 2. The summed E-state index contributed by atoms with van der Waals surface area (Å²) in [6.45, 7) is 2.47. The van der Waals surface area contributed by atoms with Crippen LogP contribution in [0.1, 0.15) is 63.4 Å². The van der Waals surface area contributed by atoms with E-state index in [2.05, 4.69) is 20.9 Å². The fourth-order valence-corrected chi connectivity index (χ4v) is 6.49. The lowest BCUT2D eigenvalue weighted by molar-refractivity contribution is -0.194. The van der Waals surface area contributed by atoms with Gasteiger partial charge in [-0.3, -0.25) is 19.4 Å². The Morgan fingerprint density at radius 3 is 2.69 bits per heavy atom. The lowest BCUT2D eigenvalue weighted by Gasteiger charge is -2.54. The summed E-state index contributed by atoms with van der Waals surface area (Å²) in [5, 5.41) is 18.4. The molecule has 3 amide bonds. The molecule has 2 bridgehead atoms. The summed E-state index contributed by atoms with van der Waals surface area (Å²) in [6.07, 6.45) is 7.42. The van der Waals surface area contributed by atoms with Gasteiger partial charge in [0, 0.05) is 37.3 Å². The number of carbonyl (C=O) groups excluding carboxylic acids is 3. The van der Waals surface area contributed by atoms with Gasteiger partial charge in [-0.25, -0.2) is 8.78 Å². The second-order valence-electron chi connectivity index (χ2n) is 11.7. The third kappa shape index (κ3) is 5.99. The Balaban J connectivity index is 1.38. The van der Waals surface area contributed by atoms with Crippen LogP contribution >= 0.6 is 0 Å². The first kappa shape index (κ1) is 27.3. The minimum Gasteiger partial charge on any atom is -0.372 e. The van der Waals surface area contributed by atoms with Crippen LogP contribution in [0.5, 0.6) is 0 Å². The number of nitrogens with zero attached hydrogens (tertiary/aromatic N) is 3. The Hall–Kier alpha value is -3.29. The lowest BCUT2D eigenvalue weighted by atomic mass is 9.71. The van der Waals surface area contributed by atoms with E-state index in [1.807, 2.05) is 19.1 Å². The van der Waals surface area contributed by atoms with Gasteiger partial charge < -0.3 is 20.9 Å². The van der Waals surface area contributed by atoms with E-state index < -0.39 is 54.3 Å². The van der Waals surface area contributed by atoms with Crippen molar-refractivity contribution in [2.24, 2.45) is 17.8 Å². The first-order chi connectivity index (χ1) is 18.7. The molecular weight excluding hydrogens is 506 g/mol. The highest BCUT2D eigenvalue weighted by molar-refractivity contribution is 5.92. The highest BCUT2D eigenvalue weighted by Crippen LogP contribution is 2.49. The minimum absolute atomic E-state index is 0.103. The summed E-state index contributed by atoms with van der Waals surface area (Å²) >= 11 is 0. The number of anilines is 1. The van der Waals surface area contributed by atoms with Crippen molar-refractivity contribution in [2.75, 3.05) is 11.9 Å². The molecule has 1 aromatic heterocycles. The zero-order chi connectivity index (χ0) is 27.7. The van der Waals surface area contributed by atoms with Gasteiger partial charge in [0.2, 0.25) is 17.7 Å². The Morgan fingerprint density at radius 1 is 1.23 bits per heavy atom. The Kier molecular flexibility index (Phi) is 7.74. The number of nitriles is 1. The Bertz CT molecular complexity index is 1150. The molecule has 6 rings (SSSR count). The second kappa shape index (κ2) is 11.1. The summed E-state index contributed by atoms with van der Waals surface area (Å²) < 4.78 is 30.3. The van der Waals surface area contributed by atoms with Crippen molar-refractivity contribution in [1.29, 1.82) is 5.26 Å². The quantitative estimate of drug-likeness (QED) is 0.440. The molecule has 2 saturated carbocycles. The Labute approximate surface area is 227 Å². The third-order valence-electron chi connectivity index (χ3n) is 8.63. The molecule has 11 heteroatoms. The van der Waals surface area contributed by atoms with Crippen molar-refractivity contribution in [3.8, 4) is 6.07 Å². The molecule has 9 nitrogen and oxygen atoms in total. The van der Waals surface area contributed by atoms with Crippen LogP contribution in [0.3, 0.4) is 0 Å². The van der Waals surface area contributed by atoms with E-state index in [1.165, 1.54) is 4.90 Å². The van der Waals surface area contributed by atoms with E-state index >= 15 is 8.78 Å². The van der Waals surface area contributed by atoms with Crippen LogP contribution < -0.4 is 16.0 Å². The lowest BCUT2D eigenvalue weighted by Crippen LogP contribution is -2.70. The van der Waals surface area contributed by atoms with Crippen molar-refractivity contribution in [1.82, 2.24) is 20.5 Å². The molecule has 0 spiro atoms. The average molecular weight is 543 g/mol. The predicted molar refractivity (Wildman–Crippen MR) is 138 cm³/mol. The van der Waals surface area contributed by atoms with E-state index in [4.69, 9.17) is 0 Å². The number of alkyl halides is 2. The maximum absolute atomic E-state index is 15.1. The molecule has 210 valence electrons. The Morgan fingerprint density at radius 2 is 2.03 bits per heavy atom. The smallest absolute Gasteiger partial charge is 0.255 e. The molecule has 0 unspecified atom stereocenters. The molecule has 2 aliphatic carbocycles. The van der Waals surface area contributed by atoms with Crippen LogP contribution in [0.25, 0.3) is 0 Å². The molecule has 5 aliphatic rings. The van der Waals surface area contributed by atoms with E-state index in [1.54, 1.807) is 12.4 Å². The largest absolute Gasteiger partial charge is 0.372 e. The highest BCUT2D eigenvalue weighted by atomic mass is 19.3. The number of rotatable bonds is 9. The average Bonchev–Trinajstić information content (AvgIpc) is 3.72.